The van der Waals surface area contributed by atoms with Crippen LogP contribution in [-0.2, 0) is 0 Å². The van der Waals surface area contributed by atoms with E-state index in [0.29, 0.717) is 0 Å². The smallest absolute Gasteiger partial charge is 0.00965 e. The number of nitrogens with one attached hydrogen (secondary N) is 1. The summed E-state index contributed by atoms with van der Waals surface area (Å²) in [5.74, 6) is 1.06. The molecule has 0 aliphatic heterocycles. The summed E-state index contributed by atoms with van der Waals surface area (Å²) in [6.07, 6.45) is 8.52. The lowest BCUT2D eigenvalue weighted by atomic mass is 10.3. The van der Waals surface area contributed by atoms with Crippen molar-refractivity contribution in [2.24, 2.45) is 5.92 Å². The first-order valence-corrected chi connectivity index (χ1v) is 6.85. The van der Waals surface area contributed by atoms with Crippen LogP contribution in [0.1, 0.15) is 45.4 Å². The molecule has 2 heteroatoms. The van der Waals surface area contributed by atoms with Crippen LogP contribution in [0.3, 0.4) is 0 Å². The Bertz CT molecular complexity index is 173. The minimum Gasteiger partial charge on any atom is -0.317 e. The summed E-state index contributed by atoms with van der Waals surface area (Å²) < 4.78 is 0. The van der Waals surface area contributed by atoms with E-state index >= 15 is 0 Å². The lowest BCUT2D eigenvalue weighted by Crippen LogP contribution is -2.31. The molecule has 0 aromatic rings. The van der Waals surface area contributed by atoms with Crippen molar-refractivity contribution < 1.29 is 0 Å². The van der Waals surface area contributed by atoms with E-state index in [1.807, 2.05) is 0 Å². The topological polar surface area (TPSA) is 15.3 Å². The van der Waals surface area contributed by atoms with Gasteiger partial charge in [0, 0.05) is 12.6 Å². The van der Waals surface area contributed by atoms with Crippen LogP contribution < -0.4 is 5.32 Å². The van der Waals surface area contributed by atoms with Crippen molar-refractivity contribution >= 4 is 0 Å². The molecule has 2 aliphatic carbocycles. The Kier molecular flexibility index (Phi) is 4.45. The van der Waals surface area contributed by atoms with E-state index in [1.54, 1.807) is 0 Å². The molecule has 15 heavy (non-hydrogen) atoms. The molecule has 0 heterocycles. The summed E-state index contributed by atoms with van der Waals surface area (Å²) in [4.78, 5) is 2.76. The molecule has 0 saturated heterocycles. The van der Waals surface area contributed by atoms with E-state index in [4.69, 9.17) is 0 Å². The van der Waals surface area contributed by atoms with Crippen LogP contribution in [0, 0.1) is 5.92 Å². The minimum absolute atomic E-state index is 0.969. The summed E-state index contributed by atoms with van der Waals surface area (Å²) in [6, 6.07) is 0.969. The zero-order valence-corrected chi connectivity index (χ0v) is 10.2. The average Bonchev–Trinajstić information content (AvgIpc) is 3.08. The van der Waals surface area contributed by atoms with Gasteiger partial charge in [-0.1, -0.05) is 6.92 Å². The zero-order chi connectivity index (χ0) is 10.5. The van der Waals surface area contributed by atoms with E-state index < -0.39 is 0 Å². The Morgan fingerprint density at radius 1 is 1.13 bits per heavy atom. The Morgan fingerprint density at radius 3 is 2.53 bits per heavy atom. The largest absolute Gasteiger partial charge is 0.317 e. The van der Waals surface area contributed by atoms with E-state index in [2.05, 4.69) is 17.1 Å². The molecule has 0 spiro atoms. The highest BCUT2D eigenvalue weighted by molar-refractivity contribution is 4.88. The minimum atomic E-state index is 0.969. The molecule has 88 valence electrons. The third-order valence-electron chi connectivity index (χ3n) is 3.48. The van der Waals surface area contributed by atoms with Crippen molar-refractivity contribution in [2.45, 2.75) is 51.5 Å². The molecule has 2 rings (SSSR count). The summed E-state index contributed by atoms with van der Waals surface area (Å²) in [5, 5.41) is 3.49. The Balaban J connectivity index is 1.53. The SMILES string of the molecule is CCCNCCCN(CC1CC1)C1CC1. The molecule has 0 bridgehead atoms. The lowest BCUT2D eigenvalue weighted by molar-refractivity contribution is 0.248. The van der Waals surface area contributed by atoms with E-state index in [0.717, 1.165) is 12.0 Å². The molecule has 0 radical (unpaired) electrons. The summed E-state index contributed by atoms with van der Waals surface area (Å²) in [5.41, 5.74) is 0. The number of hydrogen-bond acceptors (Lipinski definition) is 2. The molecule has 2 fully saturated rings. The van der Waals surface area contributed by atoms with Crippen molar-refractivity contribution in [2.75, 3.05) is 26.2 Å². The van der Waals surface area contributed by atoms with Gasteiger partial charge in [0.05, 0.1) is 0 Å². The van der Waals surface area contributed by atoms with Crippen molar-refractivity contribution in [3.63, 3.8) is 0 Å². The van der Waals surface area contributed by atoms with E-state index in [-0.39, 0.29) is 0 Å². The molecule has 1 N–H and O–H groups in total. The third-order valence-corrected chi connectivity index (χ3v) is 3.48. The van der Waals surface area contributed by atoms with Gasteiger partial charge < -0.3 is 10.2 Å². The van der Waals surface area contributed by atoms with Crippen LogP contribution in [-0.4, -0.2) is 37.1 Å². The third kappa shape index (κ3) is 4.52. The van der Waals surface area contributed by atoms with Gasteiger partial charge in [0.1, 0.15) is 0 Å². The van der Waals surface area contributed by atoms with Gasteiger partial charge in [-0.3, -0.25) is 0 Å². The first-order valence-electron chi connectivity index (χ1n) is 6.85. The molecule has 0 atom stereocenters. The van der Waals surface area contributed by atoms with Gasteiger partial charge in [0.15, 0.2) is 0 Å². The second kappa shape index (κ2) is 5.86. The first kappa shape index (κ1) is 11.4. The van der Waals surface area contributed by atoms with Gasteiger partial charge in [0.2, 0.25) is 0 Å². The fraction of sp³-hybridized carbons (Fsp3) is 1.00. The van der Waals surface area contributed by atoms with E-state index in [9.17, 15) is 0 Å². The monoisotopic (exact) mass is 210 g/mol. The molecular formula is C13H26N2. The summed E-state index contributed by atoms with van der Waals surface area (Å²) >= 11 is 0. The molecule has 0 amide bonds. The molecule has 0 aromatic carbocycles. The van der Waals surface area contributed by atoms with Crippen LogP contribution >= 0.6 is 0 Å². The molecular weight excluding hydrogens is 184 g/mol. The zero-order valence-electron chi connectivity index (χ0n) is 10.2. The highest BCUT2D eigenvalue weighted by Crippen LogP contribution is 2.34. The van der Waals surface area contributed by atoms with Gasteiger partial charge in [-0.25, -0.2) is 0 Å². The van der Waals surface area contributed by atoms with Crippen molar-refractivity contribution in [1.29, 1.82) is 0 Å². The average molecular weight is 210 g/mol. The molecule has 0 unspecified atom stereocenters. The standard InChI is InChI=1S/C13H26N2/c1-2-8-14-9-3-10-15(13-6-7-13)11-12-4-5-12/h12-14H,2-11H2,1H3. The predicted molar refractivity (Wildman–Crippen MR) is 65.1 cm³/mol. The summed E-state index contributed by atoms with van der Waals surface area (Å²) in [7, 11) is 0. The van der Waals surface area contributed by atoms with Crippen molar-refractivity contribution in [1.82, 2.24) is 10.2 Å². The molecule has 2 nitrogen and oxygen atoms in total. The lowest BCUT2D eigenvalue weighted by Gasteiger charge is -2.21. The number of nitrogens with zero attached hydrogens (tertiary/aromatic N) is 1. The maximum atomic E-state index is 3.49. The number of rotatable bonds is 9. The van der Waals surface area contributed by atoms with Crippen LogP contribution in [0.4, 0.5) is 0 Å². The maximum Gasteiger partial charge on any atom is 0.00965 e. The van der Waals surface area contributed by atoms with Crippen LogP contribution in [0.15, 0.2) is 0 Å². The Labute approximate surface area is 94.4 Å². The maximum absolute atomic E-state index is 3.49. The highest BCUT2D eigenvalue weighted by atomic mass is 15.2. The van der Waals surface area contributed by atoms with Gasteiger partial charge in [0.25, 0.3) is 0 Å². The fourth-order valence-electron chi connectivity index (χ4n) is 2.20. The van der Waals surface area contributed by atoms with Crippen LogP contribution in [0.5, 0.6) is 0 Å². The molecule has 2 saturated carbocycles. The fourth-order valence-corrected chi connectivity index (χ4v) is 2.20. The number of hydrogen-bond donors (Lipinski definition) is 1. The van der Waals surface area contributed by atoms with Crippen molar-refractivity contribution in [3.8, 4) is 0 Å². The van der Waals surface area contributed by atoms with E-state index in [1.165, 1.54) is 64.7 Å². The van der Waals surface area contributed by atoms with Gasteiger partial charge in [-0.05, 0) is 64.1 Å². The molecule has 0 aromatic heterocycles. The molecule has 2 aliphatic rings. The quantitative estimate of drug-likeness (QED) is 0.587. The second-order valence-electron chi connectivity index (χ2n) is 5.27. The summed E-state index contributed by atoms with van der Waals surface area (Å²) in [6.45, 7) is 7.36. The normalized spacial score (nSPS) is 21.2. The highest BCUT2D eigenvalue weighted by Gasteiger charge is 2.32. The van der Waals surface area contributed by atoms with Gasteiger partial charge >= 0.3 is 0 Å². The van der Waals surface area contributed by atoms with Crippen LogP contribution in [0.25, 0.3) is 0 Å². The predicted octanol–water partition coefficient (Wildman–Crippen LogP) is 2.25. The Hall–Kier alpha value is -0.0800. The first-order chi connectivity index (χ1) is 7.40. The van der Waals surface area contributed by atoms with Gasteiger partial charge in [-0.2, -0.15) is 0 Å². The second-order valence-corrected chi connectivity index (χ2v) is 5.27. The Morgan fingerprint density at radius 2 is 1.93 bits per heavy atom. The van der Waals surface area contributed by atoms with Crippen LogP contribution in [0.2, 0.25) is 0 Å². The van der Waals surface area contributed by atoms with Gasteiger partial charge in [-0.15, -0.1) is 0 Å². The van der Waals surface area contributed by atoms with Crippen molar-refractivity contribution in [3.05, 3.63) is 0 Å².